The van der Waals surface area contributed by atoms with Gasteiger partial charge in [0.15, 0.2) is 6.10 Å². The van der Waals surface area contributed by atoms with E-state index in [1.807, 2.05) is 6.08 Å². The molecule has 0 aliphatic carbocycles. The molecule has 0 heterocycles. The first kappa shape index (κ1) is 56.4. The van der Waals surface area contributed by atoms with Gasteiger partial charge in [-0.2, -0.15) is 0 Å². The lowest BCUT2D eigenvalue weighted by molar-refractivity contribution is -0.166. The number of rotatable bonds is 45. The van der Waals surface area contributed by atoms with Crippen LogP contribution in [0.15, 0.2) is 48.6 Å². The summed E-state index contributed by atoms with van der Waals surface area (Å²) in [7, 11) is 0. The van der Waals surface area contributed by atoms with Crippen molar-refractivity contribution in [3.05, 3.63) is 48.6 Å². The van der Waals surface area contributed by atoms with E-state index in [0.717, 1.165) is 70.6 Å². The summed E-state index contributed by atoms with van der Waals surface area (Å²) in [5.41, 5.74) is 0. The highest BCUT2D eigenvalue weighted by Gasteiger charge is 2.19. The fourth-order valence-electron chi connectivity index (χ4n) is 7.09. The number of hydrogen-bond donors (Lipinski definition) is 0. The highest BCUT2D eigenvalue weighted by Crippen LogP contribution is 2.16. The van der Waals surface area contributed by atoms with Crippen molar-refractivity contribution in [3.63, 3.8) is 0 Å². The predicted molar refractivity (Wildman–Crippen MR) is 252 cm³/mol. The minimum absolute atomic E-state index is 0.104. The summed E-state index contributed by atoms with van der Waals surface area (Å²) >= 11 is 0. The molecule has 0 saturated carbocycles. The van der Waals surface area contributed by atoms with E-state index >= 15 is 0 Å². The van der Waals surface area contributed by atoms with Gasteiger partial charge in [0, 0.05) is 12.8 Å². The Kier molecular flexibility index (Phi) is 45.9. The van der Waals surface area contributed by atoms with Crippen LogP contribution in [-0.4, -0.2) is 37.2 Å². The van der Waals surface area contributed by atoms with Crippen LogP contribution >= 0.6 is 0 Å². The third-order valence-electron chi connectivity index (χ3n) is 10.9. The van der Waals surface area contributed by atoms with Crippen molar-refractivity contribution >= 4 is 17.9 Å². The molecule has 0 saturated heterocycles. The molecule has 0 aliphatic rings. The highest BCUT2D eigenvalue weighted by atomic mass is 16.6. The zero-order chi connectivity index (χ0) is 43.0. The Hall–Kier alpha value is -2.63. The summed E-state index contributed by atoms with van der Waals surface area (Å²) in [5.74, 6) is -1.04. The zero-order valence-corrected chi connectivity index (χ0v) is 39.0. The van der Waals surface area contributed by atoms with Gasteiger partial charge in [0.25, 0.3) is 0 Å². The van der Waals surface area contributed by atoms with Crippen molar-refractivity contribution in [1.29, 1.82) is 0 Å². The smallest absolute Gasteiger partial charge is 0.309 e. The highest BCUT2D eigenvalue weighted by molar-refractivity contribution is 5.72. The standard InChI is InChI=1S/C53H94O6/c1-4-7-10-13-16-19-21-23-25-26-27-28-30-31-34-37-40-43-46-52(55)58-49-50(48-57-51(54)45-42-39-36-33-18-15-12-9-6-3)59-53(56)47-44-41-38-35-32-29-24-22-20-17-14-11-8-5-2/h9,12,18,29,32-33,39,42,50H,4-8,10-11,13-17,19-28,30-31,34-38,40-41,43-49H2,1-3H3/b12-9-,32-29-,33-18-,42-39-. The molecule has 0 spiro atoms. The first-order valence-corrected chi connectivity index (χ1v) is 25.1. The topological polar surface area (TPSA) is 78.9 Å². The van der Waals surface area contributed by atoms with Gasteiger partial charge in [-0.25, -0.2) is 0 Å². The van der Waals surface area contributed by atoms with Gasteiger partial charge >= 0.3 is 17.9 Å². The predicted octanol–water partition coefficient (Wildman–Crippen LogP) is 16.3. The van der Waals surface area contributed by atoms with Crippen LogP contribution in [0.25, 0.3) is 0 Å². The second-order valence-corrected chi connectivity index (χ2v) is 16.7. The van der Waals surface area contributed by atoms with Gasteiger partial charge in [0.2, 0.25) is 0 Å². The molecule has 1 atom stereocenters. The molecule has 0 N–H and O–H groups in total. The molecule has 6 heteroatoms. The Labute approximate surface area is 365 Å². The maximum absolute atomic E-state index is 12.7. The quantitative estimate of drug-likeness (QED) is 0.0263. The summed E-state index contributed by atoms with van der Waals surface area (Å²) in [4.78, 5) is 37.7. The van der Waals surface area contributed by atoms with Gasteiger partial charge in [-0.15, -0.1) is 0 Å². The maximum atomic E-state index is 12.7. The van der Waals surface area contributed by atoms with Crippen LogP contribution in [0.5, 0.6) is 0 Å². The van der Waals surface area contributed by atoms with Gasteiger partial charge in [-0.1, -0.05) is 223 Å². The molecule has 59 heavy (non-hydrogen) atoms. The molecular weight excluding hydrogens is 733 g/mol. The van der Waals surface area contributed by atoms with Gasteiger partial charge in [0.1, 0.15) is 13.2 Å². The molecule has 342 valence electrons. The average molecular weight is 827 g/mol. The normalized spacial score (nSPS) is 12.4. The fraction of sp³-hybridized carbons (Fsp3) is 0.792. The van der Waals surface area contributed by atoms with E-state index in [0.29, 0.717) is 12.8 Å². The van der Waals surface area contributed by atoms with E-state index in [1.165, 1.54) is 141 Å². The second kappa shape index (κ2) is 48.0. The number of hydrogen-bond acceptors (Lipinski definition) is 6. The number of carbonyl (C=O) groups excluding carboxylic acids is 3. The molecule has 0 bridgehead atoms. The van der Waals surface area contributed by atoms with Crippen LogP contribution in [0.4, 0.5) is 0 Å². The van der Waals surface area contributed by atoms with E-state index < -0.39 is 12.1 Å². The minimum atomic E-state index is -0.812. The molecule has 0 aromatic heterocycles. The third-order valence-corrected chi connectivity index (χ3v) is 10.9. The summed E-state index contributed by atoms with van der Waals surface area (Å²) < 4.78 is 16.6. The number of unbranched alkanes of at least 4 members (excludes halogenated alkanes) is 27. The average Bonchev–Trinajstić information content (AvgIpc) is 3.23. The van der Waals surface area contributed by atoms with Crippen LogP contribution in [0.3, 0.4) is 0 Å². The molecule has 6 nitrogen and oxygen atoms in total. The third kappa shape index (κ3) is 46.3. The van der Waals surface area contributed by atoms with Gasteiger partial charge in [0.05, 0.1) is 6.42 Å². The molecule has 0 aromatic carbocycles. The molecule has 0 aliphatic heterocycles. The summed E-state index contributed by atoms with van der Waals surface area (Å²) in [5, 5.41) is 0. The Morgan fingerprint density at radius 2 is 0.729 bits per heavy atom. The van der Waals surface area contributed by atoms with Gasteiger partial charge in [-0.3, -0.25) is 14.4 Å². The van der Waals surface area contributed by atoms with E-state index in [-0.39, 0.29) is 31.6 Å². The SMILES string of the molecule is CC/C=C\C/C=C\C/C=C\CC(=O)OCC(COC(=O)CCCCCCCCCCCCCCCCCCCC)OC(=O)CCCCC/C=C\CCCCCCCCC. The van der Waals surface area contributed by atoms with Crippen LogP contribution in [-0.2, 0) is 28.6 Å². The zero-order valence-electron chi connectivity index (χ0n) is 39.0. The van der Waals surface area contributed by atoms with E-state index in [9.17, 15) is 14.4 Å². The summed E-state index contributed by atoms with van der Waals surface area (Å²) in [6.07, 6.45) is 57.1. The second-order valence-electron chi connectivity index (χ2n) is 16.7. The van der Waals surface area contributed by atoms with E-state index in [2.05, 4.69) is 57.2 Å². The lowest BCUT2D eigenvalue weighted by atomic mass is 10.0. The minimum Gasteiger partial charge on any atom is -0.462 e. The van der Waals surface area contributed by atoms with Crippen LogP contribution in [0.1, 0.15) is 252 Å². The number of ether oxygens (including phenoxy) is 3. The fourth-order valence-corrected chi connectivity index (χ4v) is 7.09. The molecular formula is C53H94O6. The Balaban J connectivity index is 4.34. The van der Waals surface area contributed by atoms with Crippen molar-refractivity contribution in [3.8, 4) is 0 Å². The lowest BCUT2D eigenvalue weighted by Crippen LogP contribution is -2.30. The Bertz CT molecular complexity index is 1040. The lowest BCUT2D eigenvalue weighted by Gasteiger charge is -2.18. The van der Waals surface area contributed by atoms with Gasteiger partial charge < -0.3 is 14.2 Å². The molecule has 0 fully saturated rings. The van der Waals surface area contributed by atoms with E-state index in [1.54, 1.807) is 6.08 Å². The van der Waals surface area contributed by atoms with Crippen molar-refractivity contribution in [2.45, 2.75) is 258 Å². The van der Waals surface area contributed by atoms with Crippen molar-refractivity contribution in [2.24, 2.45) is 0 Å². The van der Waals surface area contributed by atoms with Crippen molar-refractivity contribution in [2.75, 3.05) is 13.2 Å². The van der Waals surface area contributed by atoms with Crippen molar-refractivity contribution < 1.29 is 28.6 Å². The Morgan fingerprint density at radius 3 is 1.19 bits per heavy atom. The van der Waals surface area contributed by atoms with Crippen LogP contribution in [0.2, 0.25) is 0 Å². The first-order chi connectivity index (χ1) is 29.0. The number of carbonyl (C=O) groups is 3. The van der Waals surface area contributed by atoms with Crippen LogP contribution < -0.4 is 0 Å². The van der Waals surface area contributed by atoms with Crippen molar-refractivity contribution in [1.82, 2.24) is 0 Å². The molecule has 0 radical (unpaired) electrons. The Morgan fingerprint density at radius 1 is 0.373 bits per heavy atom. The monoisotopic (exact) mass is 827 g/mol. The summed E-state index contributed by atoms with van der Waals surface area (Å²) in [6, 6.07) is 0. The maximum Gasteiger partial charge on any atom is 0.309 e. The first-order valence-electron chi connectivity index (χ1n) is 25.1. The number of esters is 3. The number of allylic oxidation sites excluding steroid dienone is 7. The van der Waals surface area contributed by atoms with Gasteiger partial charge in [-0.05, 0) is 57.8 Å². The van der Waals surface area contributed by atoms with E-state index in [4.69, 9.17) is 14.2 Å². The molecule has 1 unspecified atom stereocenters. The molecule has 0 amide bonds. The largest absolute Gasteiger partial charge is 0.462 e. The summed E-state index contributed by atoms with van der Waals surface area (Å²) in [6.45, 7) is 6.42. The van der Waals surface area contributed by atoms with Crippen LogP contribution in [0, 0.1) is 0 Å². The molecule has 0 rings (SSSR count). The molecule has 0 aromatic rings.